The number of nitrogens with one attached hydrogen (secondary N) is 1. The number of benzene rings is 2. The zero-order chi connectivity index (χ0) is 20.9. The summed E-state index contributed by atoms with van der Waals surface area (Å²) in [4.78, 5) is 14.4. The van der Waals surface area contributed by atoms with Crippen molar-refractivity contribution in [3.05, 3.63) is 64.1 Å². The molecule has 1 aliphatic rings. The first-order chi connectivity index (χ1) is 13.8. The smallest absolute Gasteiger partial charge is 0.407 e. The molecule has 0 spiro atoms. The summed E-state index contributed by atoms with van der Waals surface area (Å²) >= 11 is 3.67. The number of nitrogens with zero attached hydrogens (tertiary/aromatic N) is 1. The van der Waals surface area contributed by atoms with Gasteiger partial charge in [0, 0.05) is 35.7 Å². The molecule has 1 amide bonds. The van der Waals surface area contributed by atoms with Crippen LogP contribution >= 0.6 is 15.9 Å². The van der Waals surface area contributed by atoms with Crippen molar-refractivity contribution in [2.75, 3.05) is 13.1 Å². The highest BCUT2D eigenvalue weighted by atomic mass is 79.9. The van der Waals surface area contributed by atoms with Crippen LogP contribution in [0.15, 0.2) is 53.0 Å². The molecule has 0 saturated carbocycles. The summed E-state index contributed by atoms with van der Waals surface area (Å²) in [7, 11) is 0. The van der Waals surface area contributed by atoms with Crippen molar-refractivity contribution in [1.82, 2.24) is 10.2 Å². The maximum Gasteiger partial charge on any atom is 0.407 e. The van der Waals surface area contributed by atoms with E-state index in [9.17, 15) is 4.79 Å². The maximum absolute atomic E-state index is 12.0. The Bertz CT molecular complexity index is 821. The van der Waals surface area contributed by atoms with Crippen molar-refractivity contribution in [2.24, 2.45) is 0 Å². The van der Waals surface area contributed by atoms with Gasteiger partial charge < -0.3 is 14.8 Å². The average molecular weight is 461 g/mol. The summed E-state index contributed by atoms with van der Waals surface area (Å²) < 4.78 is 12.5. The van der Waals surface area contributed by atoms with E-state index in [1.807, 2.05) is 57.2 Å². The van der Waals surface area contributed by atoms with Crippen LogP contribution in [-0.2, 0) is 17.9 Å². The lowest BCUT2D eigenvalue weighted by atomic mass is 10.2. The number of carbonyl (C=O) groups is 1. The van der Waals surface area contributed by atoms with E-state index in [1.54, 1.807) is 0 Å². The number of carbonyl (C=O) groups excluding carboxylic acids is 1. The van der Waals surface area contributed by atoms with Crippen LogP contribution in [0.3, 0.4) is 0 Å². The van der Waals surface area contributed by atoms with Crippen molar-refractivity contribution in [3.8, 4) is 5.75 Å². The van der Waals surface area contributed by atoms with Crippen LogP contribution in [0.2, 0.25) is 0 Å². The van der Waals surface area contributed by atoms with E-state index in [4.69, 9.17) is 9.47 Å². The highest BCUT2D eigenvalue weighted by Crippen LogP contribution is 2.30. The van der Waals surface area contributed by atoms with E-state index < -0.39 is 5.60 Å². The SMILES string of the molecule is CC(C)(C)OC(=O)NC1CCN(Cc2c(Br)cccc2OCc2ccccc2)C1. The van der Waals surface area contributed by atoms with Gasteiger partial charge in [-0.3, -0.25) is 4.90 Å². The highest BCUT2D eigenvalue weighted by molar-refractivity contribution is 9.10. The molecule has 1 N–H and O–H groups in total. The van der Waals surface area contributed by atoms with E-state index >= 15 is 0 Å². The molecular weight excluding hydrogens is 432 g/mol. The number of ether oxygens (including phenoxy) is 2. The average Bonchev–Trinajstić information content (AvgIpc) is 3.08. The van der Waals surface area contributed by atoms with Gasteiger partial charge in [0.05, 0.1) is 0 Å². The van der Waals surface area contributed by atoms with E-state index in [2.05, 4.69) is 38.3 Å². The van der Waals surface area contributed by atoms with Gasteiger partial charge in [-0.15, -0.1) is 0 Å². The molecule has 1 unspecified atom stereocenters. The van der Waals surface area contributed by atoms with Gasteiger partial charge in [0.25, 0.3) is 0 Å². The predicted octanol–water partition coefficient (Wildman–Crippen LogP) is 5.13. The Morgan fingerprint density at radius 3 is 2.66 bits per heavy atom. The topological polar surface area (TPSA) is 50.8 Å². The molecule has 5 nitrogen and oxygen atoms in total. The normalized spacial score (nSPS) is 17.2. The molecule has 2 aromatic carbocycles. The standard InChI is InChI=1S/C23H29BrN2O3/c1-23(2,3)29-22(27)25-18-12-13-26(14-18)15-19-20(24)10-7-11-21(19)28-16-17-8-5-4-6-9-17/h4-11,18H,12-16H2,1-3H3,(H,25,27). The molecule has 1 heterocycles. The zero-order valence-corrected chi connectivity index (χ0v) is 18.9. The largest absolute Gasteiger partial charge is 0.489 e. The second-order valence-corrected chi connectivity index (χ2v) is 9.21. The second-order valence-electron chi connectivity index (χ2n) is 8.36. The van der Waals surface area contributed by atoms with E-state index in [0.717, 1.165) is 47.4 Å². The molecule has 1 atom stereocenters. The molecule has 0 aliphatic carbocycles. The number of amides is 1. The van der Waals surface area contributed by atoms with Crippen LogP contribution < -0.4 is 10.1 Å². The first-order valence-electron chi connectivity index (χ1n) is 9.96. The van der Waals surface area contributed by atoms with Crippen LogP contribution in [0.4, 0.5) is 4.79 Å². The molecular formula is C23H29BrN2O3. The quantitative estimate of drug-likeness (QED) is 0.649. The molecule has 1 saturated heterocycles. The van der Waals surface area contributed by atoms with Crippen molar-refractivity contribution >= 4 is 22.0 Å². The predicted molar refractivity (Wildman–Crippen MR) is 118 cm³/mol. The van der Waals surface area contributed by atoms with Gasteiger partial charge in [-0.1, -0.05) is 52.3 Å². The molecule has 2 aromatic rings. The van der Waals surface area contributed by atoms with Crippen LogP contribution in [0.1, 0.15) is 38.3 Å². The number of halogens is 1. The third kappa shape index (κ3) is 6.75. The Kier molecular flexibility index (Phi) is 7.19. The second kappa shape index (κ2) is 9.63. The van der Waals surface area contributed by atoms with Gasteiger partial charge in [0.2, 0.25) is 0 Å². The fourth-order valence-corrected chi connectivity index (χ4v) is 3.83. The number of alkyl carbamates (subject to hydrolysis) is 1. The summed E-state index contributed by atoms with van der Waals surface area (Å²) in [6.07, 6.45) is 0.557. The van der Waals surface area contributed by atoms with Crippen LogP contribution in [-0.4, -0.2) is 35.7 Å². The summed E-state index contributed by atoms with van der Waals surface area (Å²) in [5.41, 5.74) is 1.78. The first kappa shape index (κ1) is 21.7. The van der Waals surface area contributed by atoms with Crippen LogP contribution in [0.25, 0.3) is 0 Å². The molecule has 156 valence electrons. The highest BCUT2D eigenvalue weighted by Gasteiger charge is 2.27. The molecule has 6 heteroatoms. The molecule has 1 aliphatic heterocycles. The summed E-state index contributed by atoms with van der Waals surface area (Å²) in [5, 5.41) is 2.98. The van der Waals surface area contributed by atoms with Crippen molar-refractivity contribution < 1.29 is 14.3 Å². The van der Waals surface area contributed by atoms with Gasteiger partial charge in [-0.05, 0) is 44.9 Å². The Morgan fingerprint density at radius 2 is 1.93 bits per heavy atom. The summed E-state index contributed by atoms with van der Waals surface area (Å²) in [6.45, 7) is 8.62. The third-order valence-corrected chi connectivity index (χ3v) is 5.43. The molecule has 1 fully saturated rings. The fraction of sp³-hybridized carbons (Fsp3) is 0.435. The Morgan fingerprint density at radius 1 is 1.17 bits per heavy atom. The molecule has 0 aromatic heterocycles. The van der Waals surface area contributed by atoms with Crippen molar-refractivity contribution in [2.45, 2.75) is 52.0 Å². The number of likely N-dealkylation sites (tertiary alicyclic amines) is 1. The number of rotatable bonds is 6. The minimum absolute atomic E-state index is 0.0982. The van der Waals surface area contributed by atoms with Crippen molar-refractivity contribution in [3.63, 3.8) is 0 Å². The van der Waals surface area contributed by atoms with Gasteiger partial charge >= 0.3 is 6.09 Å². The van der Waals surface area contributed by atoms with Gasteiger partial charge in [0.15, 0.2) is 0 Å². The lowest BCUT2D eigenvalue weighted by molar-refractivity contribution is 0.0505. The summed E-state index contributed by atoms with van der Waals surface area (Å²) in [6, 6.07) is 16.3. The molecule has 3 rings (SSSR count). The Hall–Kier alpha value is -2.05. The van der Waals surface area contributed by atoms with Gasteiger partial charge in [-0.25, -0.2) is 4.79 Å². The first-order valence-corrected chi connectivity index (χ1v) is 10.8. The van der Waals surface area contributed by atoms with E-state index in [-0.39, 0.29) is 12.1 Å². The molecule has 29 heavy (non-hydrogen) atoms. The van der Waals surface area contributed by atoms with E-state index in [0.29, 0.717) is 6.61 Å². The lowest BCUT2D eigenvalue weighted by Gasteiger charge is -2.22. The fourth-order valence-electron chi connectivity index (χ4n) is 3.35. The minimum atomic E-state index is -0.484. The minimum Gasteiger partial charge on any atom is -0.489 e. The van der Waals surface area contributed by atoms with E-state index in [1.165, 1.54) is 0 Å². The maximum atomic E-state index is 12.0. The van der Waals surface area contributed by atoms with Gasteiger partial charge in [0.1, 0.15) is 18.0 Å². The number of hydrogen-bond donors (Lipinski definition) is 1. The van der Waals surface area contributed by atoms with Crippen LogP contribution in [0, 0.1) is 0 Å². The van der Waals surface area contributed by atoms with Crippen LogP contribution in [0.5, 0.6) is 5.75 Å². The van der Waals surface area contributed by atoms with Crippen molar-refractivity contribution in [1.29, 1.82) is 0 Å². The summed E-state index contributed by atoms with van der Waals surface area (Å²) in [5.74, 6) is 0.881. The zero-order valence-electron chi connectivity index (χ0n) is 17.3. The Balaban J connectivity index is 1.58. The monoisotopic (exact) mass is 460 g/mol. The molecule has 0 bridgehead atoms. The Labute approximate surface area is 181 Å². The lowest BCUT2D eigenvalue weighted by Crippen LogP contribution is -2.40. The van der Waals surface area contributed by atoms with Gasteiger partial charge in [-0.2, -0.15) is 0 Å². The molecule has 0 radical (unpaired) electrons. The third-order valence-electron chi connectivity index (χ3n) is 4.69. The number of hydrogen-bond acceptors (Lipinski definition) is 4.